The first kappa shape index (κ1) is 13.9. The van der Waals surface area contributed by atoms with E-state index in [1.165, 1.54) is 0 Å². The number of nitrogens with two attached hydrogens (primary N) is 1. The quantitative estimate of drug-likeness (QED) is 0.885. The summed E-state index contributed by atoms with van der Waals surface area (Å²) < 4.78 is 0.629. The van der Waals surface area contributed by atoms with Crippen molar-refractivity contribution < 1.29 is 14.7 Å². The summed E-state index contributed by atoms with van der Waals surface area (Å²) >= 11 is 3.31. The molecule has 2 rings (SSSR count). The second-order valence-corrected chi connectivity index (χ2v) is 5.71. The Morgan fingerprint density at radius 1 is 1.42 bits per heavy atom. The number of nitrogens with zero attached hydrogens (tertiary/aromatic N) is 1. The van der Waals surface area contributed by atoms with E-state index in [9.17, 15) is 9.59 Å². The highest BCUT2D eigenvalue weighted by atomic mass is 79.9. The zero-order valence-electron chi connectivity index (χ0n) is 10.5. The third-order valence-electron chi connectivity index (χ3n) is 3.51. The summed E-state index contributed by atoms with van der Waals surface area (Å²) in [6.07, 6.45) is 0. The Morgan fingerprint density at radius 2 is 2.11 bits per heavy atom. The minimum atomic E-state index is -0.761. The van der Waals surface area contributed by atoms with E-state index < -0.39 is 11.9 Å². The molecule has 0 aromatic heterocycles. The average Bonchev–Trinajstić information content (AvgIpc) is 2.70. The average molecular weight is 327 g/mol. The normalized spacial score (nSPS) is 22.5. The minimum absolute atomic E-state index is 0.104. The molecule has 1 saturated heterocycles. The molecule has 19 heavy (non-hydrogen) atoms. The standard InChI is InChI=1S/C13H15BrN2O3/c1-7-5-16(6-10(7)13(18)19)8-2-3-9(12(15)17)11(14)4-8/h2-4,7,10H,5-6H2,1H3,(H2,15,17)(H,18,19). The fourth-order valence-electron chi connectivity index (χ4n) is 2.40. The Kier molecular flexibility index (Phi) is 3.80. The molecule has 0 aliphatic carbocycles. The molecule has 1 aliphatic heterocycles. The molecule has 1 aliphatic rings. The van der Waals surface area contributed by atoms with Crippen molar-refractivity contribution in [1.82, 2.24) is 0 Å². The monoisotopic (exact) mass is 326 g/mol. The lowest BCUT2D eigenvalue weighted by Gasteiger charge is -2.19. The van der Waals surface area contributed by atoms with Crippen molar-refractivity contribution in [3.8, 4) is 0 Å². The van der Waals surface area contributed by atoms with E-state index in [-0.39, 0.29) is 11.8 Å². The molecule has 2 unspecified atom stereocenters. The highest BCUT2D eigenvalue weighted by Crippen LogP contribution is 2.31. The number of carbonyl (C=O) groups excluding carboxylic acids is 1. The second-order valence-electron chi connectivity index (χ2n) is 4.86. The molecule has 2 atom stereocenters. The van der Waals surface area contributed by atoms with Crippen LogP contribution in [0, 0.1) is 11.8 Å². The summed E-state index contributed by atoms with van der Waals surface area (Å²) in [5.74, 6) is -1.50. The number of carbonyl (C=O) groups is 2. The molecule has 1 amide bonds. The van der Waals surface area contributed by atoms with Crippen molar-refractivity contribution in [2.45, 2.75) is 6.92 Å². The SMILES string of the molecule is CC1CN(c2ccc(C(N)=O)c(Br)c2)CC1C(=O)O. The summed E-state index contributed by atoms with van der Waals surface area (Å²) in [5, 5.41) is 9.12. The van der Waals surface area contributed by atoms with Gasteiger partial charge in [0.2, 0.25) is 5.91 Å². The number of benzene rings is 1. The molecule has 0 spiro atoms. The Hall–Kier alpha value is -1.56. The first-order chi connectivity index (χ1) is 8.90. The lowest BCUT2D eigenvalue weighted by atomic mass is 9.99. The number of carboxylic acid groups (broad SMARTS) is 1. The number of hydrogen-bond acceptors (Lipinski definition) is 3. The number of hydrogen-bond donors (Lipinski definition) is 2. The van der Waals surface area contributed by atoms with E-state index >= 15 is 0 Å². The van der Waals surface area contributed by atoms with Crippen LogP contribution in [0.5, 0.6) is 0 Å². The smallest absolute Gasteiger partial charge is 0.308 e. The van der Waals surface area contributed by atoms with Crippen LogP contribution in [0.2, 0.25) is 0 Å². The molecule has 1 heterocycles. The fourth-order valence-corrected chi connectivity index (χ4v) is 2.96. The van der Waals surface area contributed by atoms with Crippen LogP contribution in [-0.2, 0) is 4.79 Å². The molecule has 1 aromatic rings. The van der Waals surface area contributed by atoms with Crippen LogP contribution in [0.3, 0.4) is 0 Å². The van der Waals surface area contributed by atoms with E-state index in [4.69, 9.17) is 10.8 Å². The van der Waals surface area contributed by atoms with Gasteiger partial charge in [-0.3, -0.25) is 9.59 Å². The van der Waals surface area contributed by atoms with Gasteiger partial charge in [0.1, 0.15) is 0 Å². The van der Waals surface area contributed by atoms with Crippen molar-refractivity contribution in [2.75, 3.05) is 18.0 Å². The first-order valence-corrected chi connectivity index (χ1v) is 6.76. The summed E-state index contributed by atoms with van der Waals surface area (Å²) in [4.78, 5) is 24.3. The Bertz CT molecular complexity index is 533. The van der Waals surface area contributed by atoms with E-state index in [1.54, 1.807) is 18.2 Å². The van der Waals surface area contributed by atoms with Crippen LogP contribution in [0.4, 0.5) is 5.69 Å². The first-order valence-electron chi connectivity index (χ1n) is 5.97. The van der Waals surface area contributed by atoms with Crippen LogP contribution < -0.4 is 10.6 Å². The van der Waals surface area contributed by atoms with Crippen molar-refractivity contribution in [3.05, 3.63) is 28.2 Å². The minimum Gasteiger partial charge on any atom is -0.481 e. The molecular weight excluding hydrogens is 312 g/mol. The van der Waals surface area contributed by atoms with Crippen LogP contribution >= 0.6 is 15.9 Å². The summed E-state index contributed by atoms with van der Waals surface area (Å²) in [6, 6.07) is 5.25. The molecule has 0 radical (unpaired) electrons. The van der Waals surface area contributed by atoms with Crippen LogP contribution in [0.1, 0.15) is 17.3 Å². The number of primary amides is 1. The molecule has 102 valence electrons. The van der Waals surface area contributed by atoms with Gasteiger partial charge in [-0.15, -0.1) is 0 Å². The summed E-state index contributed by atoms with van der Waals surface area (Å²) in [5.41, 5.74) is 6.56. The zero-order chi connectivity index (χ0) is 14.2. The van der Waals surface area contributed by atoms with Gasteiger partial charge < -0.3 is 15.7 Å². The predicted octanol–water partition coefficient (Wildman–Crippen LogP) is 1.70. The topological polar surface area (TPSA) is 83.6 Å². The second kappa shape index (κ2) is 5.21. The Labute approximate surface area is 119 Å². The van der Waals surface area contributed by atoms with Gasteiger partial charge >= 0.3 is 5.97 Å². The molecule has 6 heteroatoms. The number of amides is 1. The highest BCUT2D eigenvalue weighted by Gasteiger charge is 2.34. The zero-order valence-corrected chi connectivity index (χ0v) is 12.1. The maximum Gasteiger partial charge on any atom is 0.308 e. The maximum absolute atomic E-state index is 11.1. The van der Waals surface area contributed by atoms with Gasteiger partial charge in [0, 0.05) is 23.2 Å². The van der Waals surface area contributed by atoms with Gasteiger partial charge in [-0.25, -0.2) is 0 Å². The number of aliphatic carboxylic acids is 1. The largest absolute Gasteiger partial charge is 0.481 e. The molecule has 0 saturated carbocycles. The van der Waals surface area contributed by atoms with Crippen LogP contribution in [0.25, 0.3) is 0 Å². The van der Waals surface area contributed by atoms with E-state index in [1.807, 2.05) is 11.8 Å². The van der Waals surface area contributed by atoms with E-state index in [0.717, 1.165) is 5.69 Å². The van der Waals surface area contributed by atoms with E-state index in [2.05, 4.69) is 15.9 Å². The fraction of sp³-hybridized carbons (Fsp3) is 0.385. The molecular formula is C13H15BrN2O3. The van der Waals surface area contributed by atoms with Crippen molar-refractivity contribution in [1.29, 1.82) is 0 Å². The third-order valence-corrected chi connectivity index (χ3v) is 4.17. The van der Waals surface area contributed by atoms with Crippen molar-refractivity contribution in [3.63, 3.8) is 0 Å². The molecule has 3 N–H and O–H groups in total. The summed E-state index contributed by atoms with van der Waals surface area (Å²) in [7, 11) is 0. The van der Waals surface area contributed by atoms with Crippen LogP contribution in [0.15, 0.2) is 22.7 Å². The summed E-state index contributed by atoms with van der Waals surface area (Å²) in [6.45, 7) is 3.11. The maximum atomic E-state index is 11.1. The lowest BCUT2D eigenvalue weighted by molar-refractivity contribution is -0.142. The van der Waals surface area contributed by atoms with Crippen molar-refractivity contribution >= 4 is 33.5 Å². The predicted molar refractivity (Wildman–Crippen MR) is 75.2 cm³/mol. The molecule has 1 fully saturated rings. The molecule has 0 bridgehead atoms. The van der Waals surface area contributed by atoms with Gasteiger partial charge in [-0.1, -0.05) is 6.92 Å². The number of carboxylic acids is 1. The molecule has 5 nitrogen and oxygen atoms in total. The Morgan fingerprint density at radius 3 is 2.58 bits per heavy atom. The lowest BCUT2D eigenvalue weighted by Crippen LogP contribution is -2.23. The molecule has 1 aromatic carbocycles. The van der Waals surface area contributed by atoms with Gasteiger partial charge in [-0.2, -0.15) is 0 Å². The van der Waals surface area contributed by atoms with Gasteiger partial charge in [0.25, 0.3) is 0 Å². The van der Waals surface area contributed by atoms with Crippen LogP contribution in [-0.4, -0.2) is 30.1 Å². The Balaban J connectivity index is 2.22. The van der Waals surface area contributed by atoms with Crippen molar-refractivity contribution in [2.24, 2.45) is 17.6 Å². The highest BCUT2D eigenvalue weighted by molar-refractivity contribution is 9.10. The van der Waals surface area contributed by atoms with E-state index in [0.29, 0.717) is 23.1 Å². The number of rotatable bonds is 3. The van der Waals surface area contributed by atoms with Gasteiger partial charge in [-0.05, 0) is 40.0 Å². The third kappa shape index (κ3) is 2.73. The number of halogens is 1. The van der Waals surface area contributed by atoms with Gasteiger partial charge in [0.05, 0.1) is 11.5 Å². The number of anilines is 1. The van der Waals surface area contributed by atoms with Gasteiger partial charge in [0.15, 0.2) is 0 Å².